The van der Waals surface area contributed by atoms with E-state index in [-0.39, 0.29) is 0 Å². The van der Waals surface area contributed by atoms with Gasteiger partial charge in [-0.05, 0) is 23.5 Å². The zero-order valence-corrected chi connectivity index (χ0v) is 11.2. The van der Waals surface area contributed by atoms with Crippen molar-refractivity contribution in [3.63, 3.8) is 0 Å². The Labute approximate surface area is 112 Å². The molecule has 0 aliphatic carbocycles. The van der Waals surface area contributed by atoms with Crippen molar-refractivity contribution in [3.8, 4) is 11.3 Å². The Morgan fingerprint density at radius 1 is 1.16 bits per heavy atom. The van der Waals surface area contributed by atoms with E-state index >= 15 is 0 Å². The normalized spacial score (nSPS) is 10.6. The van der Waals surface area contributed by atoms with Crippen LogP contribution in [0.1, 0.15) is 0 Å². The van der Waals surface area contributed by atoms with E-state index in [2.05, 4.69) is 24.8 Å². The number of H-pyrrole nitrogens is 1. The molecule has 2 N–H and O–H groups in total. The number of aromatic nitrogens is 2. The van der Waals surface area contributed by atoms with Crippen LogP contribution in [0.15, 0.2) is 42.5 Å². The van der Waals surface area contributed by atoms with E-state index in [1.54, 1.807) is 0 Å². The second-order valence-corrected chi connectivity index (χ2v) is 4.88. The Balaban J connectivity index is 2.15. The maximum atomic E-state index is 10.5. The molecular weight excluding hydrogens is 257 g/mol. The Kier molecular flexibility index (Phi) is 3.02. The molecule has 0 bridgehead atoms. The zero-order valence-electron chi connectivity index (χ0n) is 10.1. The quantitative estimate of drug-likeness (QED) is 0.566. The van der Waals surface area contributed by atoms with Gasteiger partial charge >= 0.3 is 0 Å². The number of hydrogen-bond acceptors (Lipinski definition) is 2. The molecule has 3 aromatic rings. The minimum atomic E-state index is 0.671. The molecule has 0 aliphatic heterocycles. The fourth-order valence-electron chi connectivity index (χ4n) is 2.03. The van der Waals surface area contributed by atoms with Gasteiger partial charge in [0, 0.05) is 16.6 Å². The lowest BCUT2D eigenvalue weighted by Crippen LogP contribution is -1.92. The van der Waals surface area contributed by atoms with E-state index in [1.807, 2.05) is 42.5 Å². The highest BCUT2D eigenvalue weighted by Crippen LogP contribution is 2.28. The number of hydrogen-bond donors (Lipinski definition) is 2. The van der Waals surface area contributed by atoms with E-state index < -0.39 is 0 Å². The second-order valence-electron chi connectivity index (χ2n) is 4.22. The fourth-order valence-corrected chi connectivity index (χ4v) is 2.23. The number of amides is 1. The van der Waals surface area contributed by atoms with Crippen LogP contribution in [0.5, 0.6) is 0 Å². The molecule has 1 amide bonds. The molecule has 1 unspecified atom stereocenters. The number of anilines is 1. The molecule has 19 heavy (non-hydrogen) atoms. The highest BCUT2D eigenvalue weighted by molar-refractivity contribution is 7.27. The van der Waals surface area contributed by atoms with E-state index in [1.165, 1.54) is 0 Å². The molecule has 0 spiro atoms. The maximum absolute atomic E-state index is 10.5. The SMILES string of the molecule is O=CNc1ccc2[nH]nc(-c3ccc(P)cc3)c2c1. The van der Waals surface area contributed by atoms with Crippen molar-refractivity contribution in [2.24, 2.45) is 0 Å². The van der Waals surface area contributed by atoms with Gasteiger partial charge in [-0.3, -0.25) is 9.89 Å². The van der Waals surface area contributed by atoms with Crippen molar-refractivity contribution >= 4 is 37.5 Å². The van der Waals surface area contributed by atoms with Crippen LogP contribution < -0.4 is 10.6 Å². The molecule has 3 rings (SSSR count). The monoisotopic (exact) mass is 269 g/mol. The standard InChI is InChI=1S/C14H12N3OP/c18-8-15-10-3-6-13-12(7-10)14(17-16-13)9-1-4-11(19)5-2-9/h1-8H,19H2,(H,15,18)(H,16,17). The largest absolute Gasteiger partial charge is 0.329 e. The van der Waals surface area contributed by atoms with E-state index in [9.17, 15) is 4.79 Å². The topological polar surface area (TPSA) is 57.8 Å². The molecule has 5 heteroatoms. The Bertz CT molecular complexity index is 734. The first kappa shape index (κ1) is 11.9. The van der Waals surface area contributed by atoms with Gasteiger partial charge in [-0.15, -0.1) is 9.24 Å². The average molecular weight is 269 g/mol. The van der Waals surface area contributed by atoms with E-state index in [4.69, 9.17) is 0 Å². The van der Waals surface area contributed by atoms with Crippen molar-refractivity contribution in [2.75, 3.05) is 5.32 Å². The first-order chi connectivity index (χ1) is 9.28. The number of carbonyl (C=O) groups is 1. The summed E-state index contributed by atoms with van der Waals surface area (Å²) in [5.74, 6) is 0. The third kappa shape index (κ3) is 2.23. The van der Waals surface area contributed by atoms with Gasteiger partial charge in [0.1, 0.15) is 0 Å². The number of nitrogens with zero attached hydrogens (tertiary/aromatic N) is 1. The summed E-state index contributed by atoms with van der Waals surface area (Å²) in [6.45, 7) is 0. The number of aromatic amines is 1. The summed E-state index contributed by atoms with van der Waals surface area (Å²) >= 11 is 0. The Hall–Kier alpha value is -2.19. The molecule has 0 aliphatic rings. The zero-order chi connectivity index (χ0) is 13.2. The molecule has 0 radical (unpaired) electrons. The van der Waals surface area contributed by atoms with Crippen LogP contribution in [0.3, 0.4) is 0 Å². The van der Waals surface area contributed by atoms with Crippen LogP contribution in [-0.2, 0) is 4.79 Å². The van der Waals surface area contributed by atoms with Crippen LogP contribution in [0, 0.1) is 0 Å². The maximum Gasteiger partial charge on any atom is 0.211 e. The third-order valence-corrected chi connectivity index (χ3v) is 3.36. The highest BCUT2D eigenvalue weighted by atomic mass is 31.0. The molecular formula is C14H12N3OP. The van der Waals surface area contributed by atoms with Gasteiger partial charge in [0.15, 0.2) is 0 Å². The first-order valence-corrected chi connectivity index (χ1v) is 6.40. The lowest BCUT2D eigenvalue weighted by atomic mass is 10.1. The summed E-state index contributed by atoms with van der Waals surface area (Å²) in [4.78, 5) is 10.5. The summed E-state index contributed by atoms with van der Waals surface area (Å²) in [6, 6.07) is 13.8. The summed E-state index contributed by atoms with van der Waals surface area (Å²) < 4.78 is 0. The molecule has 1 heterocycles. The van der Waals surface area contributed by atoms with Crippen LogP contribution in [0.4, 0.5) is 5.69 Å². The minimum absolute atomic E-state index is 0.671. The first-order valence-electron chi connectivity index (χ1n) is 5.82. The molecule has 2 aromatic carbocycles. The van der Waals surface area contributed by atoms with E-state index in [0.717, 1.165) is 33.2 Å². The van der Waals surface area contributed by atoms with Crippen molar-refractivity contribution < 1.29 is 4.79 Å². The Morgan fingerprint density at radius 3 is 2.68 bits per heavy atom. The molecule has 1 aromatic heterocycles. The molecule has 4 nitrogen and oxygen atoms in total. The molecule has 94 valence electrons. The van der Waals surface area contributed by atoms with Gasteiger partial charge in [-0.1, -0.05) is 24.3 Å². The second kappa shape index (κ2) is 4.82. The number of nitrogens with one attached hydrogen (secondary N) is 2. The summed E-state index contributed by atoms with van der Waals surface area (Å²) in [5.41, 5.74) is 3.63. The summed E-state index contributed by atoms with van der Waals surface area (Å²) in [6.07, 6.45) is 0.671. The summed E-state index contributed by atoms with van der Waals surface area (Å²) in [5, 5.41) is 12.1. The fraction of sp³-hybridized carbons (Fsp3) is 0. The van der Waals surface area contributed by atoms with Gasteiger partial charge in [-0.2, -0.15) is 5.10 Å². The van der Waals surface area contributed by atoms with Crippen molar-refractivity contribution in [2.45, 2.75) is 0 Å². The lowest BCUT2D eigenvalue weighted by molar-refractivity contribution is -0.105. The molecule has 0 saturated heterocycles. The van der Waals surface area contributed by atoms with Gasteiger partial charge in [-0.25, -0.2) is 0 Å². The van der Waals surface area contributed by atoms with Crippen LogP contribution >= 0.6 is 9.24 Å². The number of benzene rings is 2. The minimum Gasteiger partial charge on any atom is -0.329 e. The smallest absolute Gasteiger partial charge is 0.211 e. The van der Waals surface area contributed by atoms with Gasteiger partial charge in [0.05, 0.1) is 11.2 Å². The lowest BCUT2D eigenvalue weighted by Gasteiger charge is -2.01. The predicted molar refractivity (Wildman–Crippen MR) is 80.6 cm³/mol. The van der Waals surface area contributed by atoms with Crippen LogP contribution in [-0.4, -0.2) is 16.6 Å². The average Bonchev–Trinajstić information content (AvgIpc) is 2.83. The van der Waals surface area contributed by atoms with Crippen molar-refractivity contribution in [1.82, 2.24) is 10.2 Å². The number of carbonyl (C=O) groups excluding carboxylic acids is 1. The predicted octanol–water partition coefficient (Wildman–Crippen LogP) is 2.30. The van der Waals surface area contributed by atoms with Gasteiger partial charge in [0.2, 0.25) is 6.41 Å². The Morgan fingerprint density at radius 2 is 1.95 bits per heavy atom. The third-order valence-electron chi connectivity index (χ3n) is 2.97. The molecule has 1 atom stereocenters. The molecule has 0 saturated carbocycles. The number of rotatable bonds is 3. The van der Waals surface area contributed by atoms with Crippen LogP contribution in [0.25, 0.3) is 22.2 Å². The van der Waals surface area contributed by atoms with Crippen molar-refractivity contribution in [1.29, 1.82) is 0 Å². The summed E-state index contributed by atoms with van der Waals surface area (Å²) in [7, 11) is 2.66. The number of fused-ring (bicyclic) bond motifs is 1. The van der Waals surface area contributed by atoms with Crippen molar-refractivity contribution in [3.05, 3.63) is 42.5 Å². The van der Waals surface area contributed by atoms with E-state index in [0.29, 0.717) is 6.41 Å². The highest BCUT2D eigenvalue weighted by Gasteiger charge is 2.08. The van der Waals surface area contributed by atoms with Gasteiger partial charge in [0.25, 0.3) is 0 Å². The van der Waals surface area contributed by atoms with Crippen LogP contribution in [0.2, 0.25) is 0 Å². The van der Waals surface area contributed by atoms with Gasteiger partial charge < -0.3 is 5.32 Å². The molecule has 0 fully saturated rings.